The molecule has 23 heavy (non-hydrogen) atoms. The Kier molecular flexibility index (Phi) is 3.67. The van der Waals surface area contributed by atoms with E-state index in [0.717, 1.165) is 39.1 Å². The summed E-state index contributed by atoms with van der Waals surface area (Å²) in [6, 6.07) is 12.4. The average molecular weight is 344 g/mol. The Labute approximate surface area is 141 Å². The molecule has 0 bridgehead atoms. The van der Waals surface area contributed by atoms with Gasteiger partial charge in [-0.1, -0.05) is 23.4 Å². The largest absolute Gasteiger partial charge is 0.373 e. The van der Waals surface area contributed by atoms with Gasteiger partial charge in [-0.3, -0.25) is 4.98 Å². The molecule has 0 saturated heterocycles. The number of thioether (sulfide) groups is 1. The number of anilines is 1. The molecule has 0 aliphatic carbocycles. The Morgan fingerprint density at radius 2 is 2.09 bits per heavy atom. The number of hydrogen-bond donors (Lipinski definition) is 1. The van der Waals surface area contributed by atoms with E-state index in [-0.39, 0.29) is 5.02 Å². The van der Waals surface area contributed by atoms with Gasteiger partial charge < -0.3 is 5.32 Å². The van der Waals surface area contributed by atoms with Crippen molar-refractivity contribution in [3.63, 3.8) is 0 Å². The van der Waals surface area contributed by atoms with Crippen molar-refractivity contribution in [2.75, 3.05) is 11.2 Å². The predicted molar refractivity (Wildman–Crippen MR) is 92.2 cm³/mol. The Hall–Kier alpha value is -2.11. The third kappa shape index (κ3) is 2.66. The van der Waals surface area contributed by atoms with Crippen LogP contribution in [-0.2, 0) is 0 Å². The van der Waals surface area contributed by atoms with E-state index in [4.69, 9.17) is 16.6 Å². The third-order valence-corrected chi connectivity index (χ3v) is 4.77. The van der Waals surface area contributed by atoms with Gasteiger partial charge in [0.05, 0.1) is 28.0 Å². The molecule has 6 heteroatoms. The summed E-state index contributed by atoms with van der Waals surface area (Å²) in [5.74, 6) is 0.394. The van der Waals surface area contributed by atoms with Crippen LogP contribution in [0.2, 0.25) is 5.02 Å². The highest BCUT2D eigenvalue weighted by molar-refractivity contribution is 7.99. The van der Waals surface area contributed by atoms with E-state index in [2.05, 4.69) is 10.3 Å². The van der Waals surface area contributed by atoms with Gasteiger partial charge in [-0.25, -0.2) is 9.37 Å². The zero-order valence-corrected chi connectivity index (χ0v) is 13.5. The van der Waals surface area contributed by atoms with Crippen LogP contribution in [-0.4, -0.2) is 15.8 Å². The van der Waals surface area contributed by atoms with Gasteiger partial charge >= 0.3 is 0 Å². The van der Waals surface area contributed by atoms with Crippen molar-refractivity contribution in [1.29, 1.82) is 0 Å². The predicted octanol–water partition coefficient (Wildman–Crippen LogP) is 5.08. The molecule has 3 nitrogen and oxygen atoms in total. The van der Waals surface area contributed by atoms with Gasteiger partial charge in [0, 0.05) is 17.3 Å². The first-order chi connectivity index (χ1) is 11.2. The quantitative estimate of drug-likeness (QED) is 0.704. The fourth-order valence-electron chi connectivity index (χ4n) is 2.50. The first kappa shape index (κ1) is 14.5. The molecular weight excluding hydrogens is 333 g/mol. The lowest BCUT2D eigenvalue weighted by Crippen LogP contribution is -1.93. The van der Waals surface area contributed by atoms with Crippen molar-refractivity contribution in [3.05, 3.63) is 59.5 Å². The minimum Gasteiger partial charge on any atom is -0.373 e. The smallest absolute Gasteiger partial charge is 0.141 e. The summed E-state index contributed by atoms with van der Waals surface area (Å²) in [7, 11) is 0. The van der Waals surface area contributed by atoms with Crippen LogP contribution in [0.1, 0.15) is 0 Å². The lowest BCUT2D eigenvalue weighted by molar-refractivity contribution is 0.628. The van der Waals surface area contributed by atoms with Crippen molar-refractivity contribution in [1.82, 2.24) is 9.97 Å². The minimum atomic E-state index is -0.439. The van der Waals surface area contributed by atoms with E-state index in [1.807, 2.05) is 24.3 Å². The van der Waals surface area contributed by atoms with Crippen LogP contribution < -0.4 is 5.32 Å². The Bertz CT molecular complexity index is 901. The van der Waals surface area contributed by atoms with Gasteiger partial charge in [-0.05, 0) is 42.5 Å². The molecule has 0 spiro atoms. The molecule has 0 unspecified atom stereocenters. The van der Waals surface area contributed by atoms with E-state index in [9.17, 15) is 4.39 Å². The summed E-state index contributed by atoms with van der Waals surface area (Å²) in [6.45, 7) is 0. The molecule has 0 fully saturated rings. The number of halogens is 2. The van der Waals surface area contributed by atoms with Crippen LogP contribution in [0.3, 0.4) is 0 Å². The Morgan fingerprint density at radius 3 is 2.96 bits per heavy atom. The van der Waals surface area contributed by atoms with E-state index in [1.165, 1.54) is 6.07 Å². The maximum absolute atomic E-state index is 13.4. The second-order valence-electron chi connectivity index (χ2n) is 5.04. The molecule has 114 valence electrons. The van der Waals surface area contributed by atoms with Crippen molar-refractivity contribution in [2.45, 2.75) is 5.03 Å². The highest BCUT2D eigenvalue weighted by Crippen LogP contribution is 2.36. The lowest BCUT2D eigenvalue weighted by Gasteiger charge is -2.10. The second kappa shape index (κ2) is 5.83. The summed E-state index contributed by atoms with van der Waals surface area (Å²) in [5.41, 5.74) is 4.28. The summed E-state index contributed by atoms with van der Waals surface area (Å²) < 4.78 is 13.4. The SMILES string of the molecule is Fc1ccc(-c2ncccc2-c2ccc3c(n2)SCN3)cc1Cl. The zero-order valence-electron chi connectivity index (χ0n) is 11.9. The zero-order chi connectivity index (χ0) is 15.8. The number of benzene rings is 1. The summed E-state index contributed by atoms with van der Waals surface area (Å²) >= 11 is 7.58. The molecular formula is C17H11ClFN3S. The maximum atomic E-state index is 13.4. The monoisotopic (exact) mass is 343 g/mol. The summed E-state index contributed by atoms with van der Waals surface area (Å²) in [6.07, 6.45) is 1.71. The third-order valence-electron chi connectivity index (χ3n) is 3.61. The Balaban J connectivity index is 1.85. The lowest BCUT2D eigenvalue weighted by atomic mass is 10.0. The molecule has 0 atom stereocenters. The standard InChI is InChI=1S/C17H11ClFN3S/c18-12-8-10(3-4-13(12)19)16-11(2-1-7-20-16)14-5-6-15-17(22-14)23-9-21-15/h1-8,21H,9H2. The molecule has 0 amide bonds. The van der Waals surface area contributed by atoms with Gasteiger partial charge in [-0.15, -0.1) is 0 Å². The van der Waals surface area contributed by atoms with E-state index in [0.29, 0.717) is 0 Å². The van der Waals surface area contributed by atoms with Gasteiger partial charge in [0.1, 0.15) is 10.8 Å². The number of nitrogens with one attached hydrogen (secondary N) is 1. The molecule has 4 rings (SSSR count). The molecule has 2 aromatic heterocycles. The van der Waals surface area contributed by atoms with Gasteiger partial charge in [0.15, 0.2) is 0 Å². The van der Waals surface area contributed by atoms with Crippen molar-refractivity contribution >= 4 is 29.1 Å². The molecule has 3 aromatic rings. The van der Waals surface area contributed by atoms with Crippen LogP contribution in [0, 0.1) is 5.82 Å². The number of nitrogens with zero attached hydrogens (tertiary/aromatic N) is 2. The number of aromatic nitrogens is 2. The van der Waals surface area contributed by atoms with Gasteiger partial charge in [0.25, 0.3) is 0 Å². The molecule has 1 aliphatic rings. The van der Waals surface area contributed by atoms with Crippen LogP contribution in [0.25, 0.3) is 22.5 Å². The first-order valence-corrected chi connectivity index (χ1v) is 8.37. The first-order valence-electron chi connectivity index (χ1n) is 7.01. The normalized spacial score (nSPS) is 12.8. The fraction of sp³-hybridized carbons (Fsp3) is 0.0588. The fourth-order valence-corrected chi connectivity index (χ4v) is 3.51. The number of pyridine rings is 2. The highest BCUT2D eigenvalue weighted by Gasteiger charge is 2.16. The van der Waals surface area contributed by atoms with Crippen molar-refractivity contribution < 1.29 is 4.39 Å². The van der Waals surface area contributed by atoms with Crippen LogP contribution in [0.4, 0.5) is 10.1 Å². The average Bonchev–Trinajstić information content (AvgIpc) is 3.05. The molecule has 3 heterocycles. The molecule has 0 radical (unpaired) electrons. The van der Waals surface area contributed by atoms with E-state index < -0.39 is 5.82 Å². The number of rotatable bonds is 2. The van der Waals surface area contributed by atoms with Crippen molar-refractivity contribution in [3.8, 4) is 22.5 Å². The molecule has 1 aliphatic heterocycles. The van der Waals surface area contributed by atoms with E-state index >= 15 is 0 Å². The number of hydrogen-bond acceptors (Lipinski definition) is 4. The molecule has 1 aromatic carbocycles. The highest BCUT2D eigenvalue weighted by atomic mass is 35.5. The van der Waals surface area contributed by atoms with Crippen molar-refractivity contribution in [2.24, 2.45) is 0 Å². The molecule has 0 saturated carbocycles. The number of fused-ring (bicyclic) bond motifs is 1. The summed E-state index contributed by atoms with van der Waals surface area (Å²) in [4.78, 5) is 9.15. The van der Waals surface area contributed by atoms with Crippen LogP contribution in [0.5, 0.6) is 0 Å². The maximum Gasteiger partial charge on any atom is 0.141 e. The minimum absolute atomic E-state index is 0.0840. The Morgan fingerprint density at radius 1 is 1.17 bits per heavy atom. The second-order valence-corrected chi connectivity index (χ2v) is 6.41. The topological polar surface area (TPSA) is 37.8 Å². The summed E-state index contributed by atoms with van der Waals surface area (Å²) in [5, 5.41) is 4.33. The van der Waals surface area contributed by atoms with E-state index in [1.54, 1.807) is 30.1 Å². The van der Waals surface area contributed by atoms with Gasteiger partial charge in [0.2, 0.25) is 0 Å². The van der Waals surface area contributed by atoms with Gasteiger partial charge in [-0.2, -0.15) is 0 Å². The van der Waals surface area contributed by atoms with Crippen LogP contribution in [0.15, 0.2) is 53.7 Å². The molecule has 1 N–H and O–H groups in total. The van der Waals surface area contributed by atoms with Crippen LogP contribution >= 0.6 is 23.4 Å².